The van der Waals surface area contributed by atoms with Crippen molar-refractivity contribution in [3.63, 3.8) is 0 Å². The van der Waals surface area contributed by atoms with Gasteiger partial charge in [0.1, 0.15) is 11.0 Å². The molecule has 6 heteroatoms. The smallest absolute Gasteiger partial charge is 0.405 e. The van der Waals surface area contributed by atoms with Crippen molar-refractivity contribution < 1.29 is 19.2 Å². The lowest BCUT2D eigenvalue weighted by Crippen LogP contribution is -2.50. The minimum atomic E-state index is -1.09. The van der Waals surface area contributed by atoms with Gasteiger partial charge in [-0.1, -0.05) is 0 Å². The summed E-state index contributed by atoms with van der Waals surface area (Å²) in [5.74, 6) is 4.09. The Bertz CT molecular complexity index is 248. The molecule has 14 heavy (non-hydrogen) atoms. The second kappa shape index (κ2) is 3.83. The van der Waals surface area contributed by atoms with Crippen LogP contribution >= 0.6 is 0 Å². The van der Waals surface area contributed by atoms with Crippen molar-refractivity contribution in [2.24, 2.45) is 17.0 Å². The fraction of sp³-hybridized carbons (Fsp3) is 0.750. The van der Waals surface area contributed by atoms with E-state index in [4.69, 9.17) is 16.4 Å². The normalized spacial score (nSPS) is 12.1. The highest BCUT2D eigenvalue weighted by Gasteiger charge is 2.47. The Morgan fingerprint density at radius 1 is 1.14 bits per heavy atom. The lowest BCUT2D eigenvalue weighted by molar-refractivity contribution is -0.168. The molecule has 0 bridgehead atoms. The number of ether oxygens (including phenoxy) is 1. The van der Waals surface area contributed by atoms with Crippen LogP contribution in [0.1, 0.15) is 27.7 Å². The van der Waals surface area contributed by atoms with Crippen LogP contribution in [0.2, 0.25) is 0 Å². The van der Waals surface area contributed by atoms with Crippen LogP contribution in [0.15, 0.2) is 0 Å². The molecule has 0 unspecified atom stereocenters. The van der Waals surface area contributed by atoms with Crippen LogP contribution in [-0.4, -0.2) is 17.7 Å². The highest BCUT2D eigenvalue weighted by Crippen LogP contribution is 2.34. The number of carbonyl (C=O) groups excluding carboxylic acids is 2. The largest absolute Gasteiger partial charge is 0.442 e. The molecule has 82 valence electrons. The van der Waals surface area contributed by atoms with Crippen LogP contribution in [0, 0.1) is 5.41 Å². The van der Waals surface area contributed by atoms with Gasteiger partial charge >= 0.3 is 12.1 Å². The molecule has 0 aromatic carbocycles. The molecular weight excluding hydrogens is 188 g/mol. The second-order valence-electron chi connectivity index (χ2n) is 3.96. The van der Waals surface area contributed by atoms with Crippen molar-refractivity contribution in [1.82, 2.24) is 0 Å². The van der Waals surface area contributed by atoms with Crippen molar-refractivity contribution in [3.8, 4) is 0 Å². The molecule has 0 fully saturated rings. The van der Waals surface area contributed by atoms with Gasteiger partial charge in [-0.2, -0.15) is 5.90 Å². The molecule has 4 N–H and O–H groups in total. The lowest BCUT2D eigenvalue weighted by atomic mass is 9.77. The molecule has 0 aliphatic rings. The molecule has 0 atom stereocenters. The van der Waals surface area contributed by atoms with Gasteiger partial charge in [0.25, 0.3) is 0 Å². The van der Waals surface area contributed by atoms with Gasteiger partial charge in [0, 0.05) is 0 Å². The van der Waals surface area contributed by atoms with Crippen LogP contribution in [0.4, 0.5) is 4.79 Å². The highest BCUT2D eigenvalue weighted by atomic mass is 16.7. The van der Waals surface area contributed by atoms with Gasteiger partial charge in [0.2, 0.25) is 0 Å². The summed E-state index contributed by atoms with van der Waals surface area (Å²) in [5, 5.41) is 0. The van der Waals surface area contributed by atoms with E-state index in [0.29, 0.717) is 0 Å². The maximum atomic E-state index is 11.3. The summed E-state index contributed by atoms with van der Waals surface area (Å²) < 4.78 is 4.81. The molecule has 0 aromatic heterocycles. The van der Waals surface area contributed by atoms with E-state index in [9.17, 15) is 9.59 Å². The number of amides is 1. The van der Waals surface area contributed by atoms with Gasteiger partial charge in [-0.3, -0.25) is 0 Å². The fourth-order valence-corrected chi connectivity index (χ4v) is 0.772. The molecule has 0 rings (SSSR count). The standard InChI is InChI=1S/C8H16N2O4/c1-7(2,5(11)14-10)8(3,4)13-6(9)12/h10H2,1-4H3,(H2,9,12). The molecular formula is C8H16N2O4. The molecule has 0 spiro atoms. The summed E-state index contributed by atoms with van der Waals surface area (Å²) in [6.07, 6.45) is -0.951. The monoisotopic (exact) mass is 204 g/mol. The highest BCUT2D eigenvalue weighted by molar-refractivity contribution is 5.78. The zero-order valence-corrected chi connectivity index (χ0v) is 8.79. The van der Waals surface area contributed by atoms with E-state index >= 15 is 0 Å². The van der Waals surface area contributed by atoms with E-state index in [2.05, 4.69) is 4.84 Å². The van der Waals surface area contributed by atoms with E-state index in [0.717, 1.165) is 0 Å². The number of carbonyl (C=O) groups is 2. The predicted molar refractivity (Wildman–Crippen MR) is 48.8 cm³/mol. The Morgan fingerprint density at radius 3 is 1.86 bits per heavy atom. The third-order valence-electron chi connectivity index (χ3n) is 2.48. The van der Waals surface area contributed by atoms with Crippen molar-refractivity contribution in [2.75, 3.05) is 0 Å². The Morgan fingerprint density at radius 2 is 1.57 bits per heavy atom. The zero-order chi connectivity index (χ0) is 11.6. The Kier molecular flexibility index (Phi) is 3.47. The summed E-state index contributed by atoms with van der Waals surface area (Å²) in [6, 6.07) is 0. The molecule has 0 saturated carbocycles. The first-order chi connectivity index (χ1) is 6.15. The third kappa shape index (κ3) is 2.35. The maximum absolute atomic E-state index is 11.3. The average Bonchev–Trinajstić information content (AvgIpc) is 2.00. The lowest BCUT2D eigenvalue weighted by Gasteiger charge is -2.37. The second-order valence-corrected chi connectivity index (χ2v) is 3.96. The van der Waals surface area contributed by atoms with Gasteiger partial charge in [-0.05, 0) is 27.7 Å². The minimum Gasteiger partial charge on any atom is -0.442 e. The molecule has 0 radical (unpaired) electrons. The van der Waals surface area contributed by atoms with E-state index < -0.39 is 23.1 Å². The number of rotatable bonds is 3. The van der Waals surface area contributed by atoms with Gasteiger partial charge < -0.3 is 15.3 Å². The SMILES string of the molecule is CC(C)(OC(N)=O)C(C)(C)C(=O)ON. The first kappa shape index (κ1) is 12.7. The Balaban J connectivity index is 4.86. The molecule has 0 heterocycles. The number of nitrogens with two attached hydrogens (primary N) is 2. The van der Waals surface area contributed by atoms with Crippen LogP contribution < -0.4 is 11.6 Å². The summed E-state index contributed by atoms with van der Waals surface area (Å²) in [5.41, 5.74) is 2.71. The van der Waals surface area contributed by atoms with E-state index in [1.165, 1.54) is 0 Å². The quantitative estimate of drug-likeness (QED) is 0.643. The minimum absolute atomic E-state index is 0.677. The van der Waals surface area contributed by atoms with E-state index in [1.807, 2.05) is 0 Å². The van der Waals surface area contributed by atoms with Crippen LogP contribution in [0.25, 0.3) is 0 Å². The van der Waals surface area contributed by atoms with Crippen molar-refractivity contribution in [2.45, 2.75) is 33.3 Å². The molecule has 1 amide bonds. The van der Waals surface area contributed by atoms with Gasteiger partial charge in [-0.25, -0.2) is 9.59 Å². The molecule has 6 nitrogen and oxygen atoms in total. The van der Waals surface area contributed by atoms with E-state index in [1.54, 1.807) is 27.7 Å². The average molecular weight is 204 g/mol. The molecule has 0 aromatic rings. The first-order valence-electron chi connectivity index (χ1n) is 4.04. The van der Waals surface area contributed by atoms with Crippen LogP contribution in [0.5, 0.6) is 0 Å². The Hall–Kier alpha value is -1.30. The van der Waals surface area contributed by atoms with Crippen molar-refractivity contribution in [3.05, 3.63) is 0 Å². The Labute approximate surface area is 82.5 Å². The maximum Gasteiger partial charge on any atom is 0.405 e. The zero-order valence-electron chi connectivity index (χ0n) is 8.79. The fourth-order valence-electron chi connectivity index (χ4n) is 0.772. The number of primary amides is 1. The summed E-state index contributed by atoms with van der Waals surface area (Å²) in [4.78, 5) is 26.0. The van der Waals surface area contributed by atoms with Gasteiger partial charge in [0.05, 0.1) is 0 Å². The van der Waals surface area contributed by atoms with Gasteiger partial charge in [-0.15, -0.1) is 0 Å². The first-order valence-corrected chi connectivity index (χ1v) is 4.04. The summed E-state index contributed by atoms with van der Waals surface area (Å²) >= 11 is 0. The molecule has 0 aliphatic carbocycles. The number of hydrogen-bond donors (Lipinski definition) is 2. The van der Waals surface area contributed by atoms with Crippen molar-refractivity contribution in [1.29, 1.82) is 0 Å². The molecule has 0 saturated heterocycles. The summed E-state index contributed by atoms with van der Waals surface area (Å²) in [7, 11) is 0. The van der Waals surface area contributed by atoms with Gasteiger partial charge in [0.15, 0.2) is 0 Å². The van der Waals surface area contributed by atoms with Crippen molar-refractivity contribution >= 4 is 12.1 Å². The summed E-state index contributed by atoms with van der Waals surface area (Å²) in [6.45, 7) is 6.19. The topological polar surface area (TPSA) is 105 Å². The molecule has 0 aliphatic heterocycles. The number of hydrogen-bond acceptors (Lipinski definition) is 5. The van der Waals surface area contributed by atoms with E-state index in [-0.39, 0.29) is 0 Å². The van der Waals surface area contributed by atoms with Crippen LogP contribution in [0.3, 0.4) is 0 Å². The van der Waals surface area contributed by atoms with Crippen LogP contribution in [-0.2, 0) is 14.4 Å². The predicted octanol–water partition coefficient (Wildman–Crippen LogP) is 0.303. The third-order valence-corrected chi connectivity index (χ3v) is 2.48.